The number of benzene rings is 2. The number of nitrogens with zero attached hydrogens (tertiary/aromatic N) is 4. The molecule has 3 atom stereocenters. The fourth-order valence-electron chi connectivity index (χ4n) is 5.71. The molecule has 0 radical (unpaired) electrons. The first-order valence-electron chi connectivity index (χ1n) is 12.6. The molecule has 4 heterocycles. The molecule has 2 bridgehead atoms. The average molecular weight is 538 g/mol. The number of anilines is 4. The van der Waals surface area contributed by atoms with Gasteiger partial charge < -0.3 is 20.2 Å². The molecule has 2 unspecified atom stereocenters. The van der Waals surface area contributed by atoms with Crippen LogP contribution in [-0.2, 0) is 28.4 Å². The molecule has 2 aromatic carbocycles. The highest BCUT2D eigenvalue weighted by atomic mass is 35.5. The van der Waals surface area contributed by atoms with Gasteiger partial charge in [0.2, 0.25) is 5.95 Å². The summed E-state index contributed by atoms with van der Waals surface area (Å²) in [6, 6.07) is 16.1. The standard InChI is InChI=1S/C27H28ClN5O3S/c28-18-5-9-20(10-6-18)33-21-11-12-22(33)16-32(15-21)27-30-23-2-1-13-37(36)25(23)26(31-27)29-19-7-3-17(4-8-19)14-24(34)35/h3-10,21-22H,1-2,11-16H2,(H,34,35)(H,29,30,31)/t21?,22?,37-/m1/s1. The molecule has 192 valence electrons. The summed E-state index contributed by atoms with van der Waals surface area (Å²) in [6.45, 7) is 1.65. The van der Waals surface area contributed by atoms with Gasteiger partial charge >= 0.3 is 5.97 Å². The molecule has 2 saturated heterocycles. The average Bonchev–Trinajstić information content (AvgIpc) is 3.14. The van der Waals surface area contributed by atoms with E-state index in [2.05, 4.69) is 27.2 Å². The third-order valence-corrected chi connectivity index (χ3v) is 9.15. The Balaban J connectivity index is 1.28. The number of hydrogen-bond donors (Lipinski definition) is 2. The fraction of sp³-hybridized carbons (Fsp3) is 0.370. The Bertz CT molecular complexity index is 1340. The van der Waals surface area contributed by atoms with E-state index in [0.717, 1.165) is 60.7 Å². The van der Waals surface area contributed by atoms with Gasteiger partial charge in [-0.25, -0.2) is 4.98 Å². The minimum Gasteiger partial charge on any atom is -0.481 e. The number of nitrogens with one attached hydrogen (secondary N) is 1. The minimum atomic E-state index is -1.16. The zero-order valence-corrected chi connectivity index (χ0v) is 21.8. The molecule has 0 aliphatic carbocycles. The van der Waals surface area contributed by atoms with Crippen molar-refractivity contribution in [1.29, 1.82) is 0 Å². The minimum absolute atomic E-state index is 0.0261. The SMILES string of the molecule is O=C(O)Cc1ccc(Nc2nc(N3CC4CCC(C3)N4c3ccc(Cl)cc3)nc3c2[S@](=O)CCC3)cc1. The number of fused-ring (bicyclic) bond motifs is 3. The van der Waals surface area contributed by atoms with Crippen LogP contribution in [0, 0.1) is 0 Å². The summed E-state index contributed by atoms with van der Waals surface area (Å²) < 4.78 is 13.0. The lowest BCUT2D eigenvalue weighted by Gasteiger charge is -2.42. The van der Waals surface area contributed by atoms with Crippen LogP contribution in [0.4, 0.5) is 23.1 Å². The van der Waals surface area contributed by atoms with E-state index in [-0.39, 0.29) is 6.42 Å². The van der Waals surface area contributed by atoms with Crippen LogP contribution in [0.5, 0.6) is 0 Å². The molecule has 1 aromatic heterocycles. The number of aromatic nitrogens is 2. The third kappa shape index (κ3) is 4.90. The first-order chi connectivity index (χ1) is 17.9. The van der Waals surface area contributed by atoms with E-state index in [1.165, 1.54) is 5.69 Å². The topological polar surface area (TPSA) is 98.7 Å². The van der Waals surface area contributed by atoms with Crippen LogP contribution in [0.25, 0.3) is 0 Å². The van der Waals surface area contributed by atoms with E-state index in [4.69, 9.17) is 26.7 Å². The third-order valence-electron chi connectivity index (χ3n) is 7.36. The predicted octanol–water partition coefficient (Wildman–Crippen LogP) is 4.41. The van der Waals surface area contributed by atoms with Gasteiger partial charge in [-0.2, -0.15) is 4.98 Å². The Morgan fingerprint density at radius 3 is 2.43 bits per heavy atom. The van der Waals surface area contributed by atoms with Gasteiger partial charge in [0.25, 0.3) is 0 Å². The molecule has 3 aliphatic rings. The van der Waals surface area contributed by atoms with E-state index in [9.17, 15) is 9.00 Å². The highest BCUT2D eigenvalue weighted by Crippen LogP contribution is 2.38. The van der Waals surface area contributed by atoms with Crippen molar-refractivity contribution in [2.24, 2.45) is 0 Å². The van der Waals surface area contributed by atoms with Gasteiger partial charge in [-0.05, 0) is 67.6 Å². The summed E-state index contributed by atoms with van der Waals surface area (Å²) in [5.74, 6) is 0.994. The molecule has 10 heteroatoms. The number of halogens is 1. The monoisotopic (exact) mass is 537 g/mol. The lowest BCUT2D eigenvalue weighted by atomic mass is 10.1. The van der Waals surface area contributed by atoms with Gasteiger partial charge in [-0.15, -0.1) is 0 Å². The van der Waals surface area contributed by atoms with E-state index in [0.29, 0.717) is 34.5 Å². The lowest BCUT2D eigenvalue weighted by Crippen LogP contribution is -2.54. The largest absolute Gasteiger partial charge is 0.481 e. The van der Waals surface area contributed by atoms with E-state index in [1.54, 1.807) is 12.1 Å². The Morgan fingerprint density at radius 2 is 1.76 bits per heavy atom. The molecule has 3 aliphatic heterocycles. The number of aryl methyl sites for hydroxylation is 1. The Labute approximate surface area is 223 Å². The number of carbonyl (C=O) groups is 1. The maximum absolute atomic E-state index is 13.0. The van der Waals surface area contributed by atoms with Crippen molar-refractivity contribution in [3.8, 4) is 0 Å². The zero-order chi connectivity index (χ0) is 25.5. The van der Waals surface area contributed by atoms with Gasteiger partial charge in [0.15, 0.2) is 5.82 Å². The summed E-state index contributed by atoms with van der Waals surface area (Å²) in [7, 11) is -1.16. The van der Waals surface area contributed by atoms with Crippen LogP contribution < -0.4 is 15.1 Å². The number of hydrogen-bond acceptors (Lipinski definition) is 7. The van der Waals surface area contributed by atoms with Crippen molar-refractivity contribution in [2.75, 3.05) is 34.0 Å². The van der Waals surface area contributed by atoms with Gasteiger partial charge in [0, 0.05) is 47.3 Å². The first kappa shape index (κ1) is 24.2. The second kappa shape index (κ2) is 9.95. The van der Waals surface area contributed by atoms with Gasteiger partial charge in [-0.3, -0.25) is 9.00 Å². The maximum atomic E-state index is 13.0. The molecule has 6 rings (SSSR count). The Kier molecular flexibility index (Phi) is 6.50. The number of rotatable bonds is 6. The fourth-order valence-corrected chi connectivity index (χ4v) is 7.17. The molecule has 0 saturated carbocycles. The molecule has 0 spiro atoms. The number of aliphatic carboxylic acids is 1. The summed E-state index contributed by atoms with van der Waals surface area (Å²) >= 11 is 6.12. The lowest BCUT2D eigenvalue weighted by molar-refractivity contribution is -0.136. The van der Waals surface area contributed by atoms with E-state index >= 15 is 0 Å². The smallest absolute Gasteiger partial charge is 0.307 e. The molecular weight excluding hydrogens is 510 g/mol. The second-order valence-corrected chi connectivity index (χ2v) is 11.8. The highest BCUT2D eigenvalue weighted by molar-refractivity contribution is 7.85. The maximum Gasteiger partial charge on any atom is 0.307 e. The number of piperazine rings is 1. The van der Waals surface area contributed by atoms with Gasteiger partial charge in [0.05, 0.1) is 22.9 Å². The quantitative estimate of drug-likeness (QED) is 0.477. The first-order valence-corrected chi connectivity index (χ1v) is 14.3. The van der Waals surface area contributed by atoms with Crippen LogP contribution in [0.15, 0.2) is 53.4 Å². The normalized spacial score (nSPS) is 22.6. The van der Waals surface area contributed by atoms with Crippen LogP contribution in [-0.4, -0.2) is 56.2 Å². The second-order valence-electron chi connectivity index (χ2n) is 9.87. The Hall–Kier alpha value is -3.17. The zero-order valence-electron chi connectivity index (χ0n) is 20.3. The summed E-state index contributed by atoms with van der Waals surface area (Å²) in [5.41, 5.74) is 3.55. The molecule has 2 fully saturated rings. The van der Waals surface area contributed by atoms with Crippen molar-refractivity contribution in [1.82, 2.24) is 9.97 Å². The molecule has 37 heavy (non-hydrogen) atoms. The predicted molar refractivity (Wildman–Crippen MR) is 146 cm³/mol. The molecule has 2 N–H and O–H groups in total. The molecular formula is C27H28ClN5O3S. The Morgan fingerprint density at radius 1 is 1.05 bits per heavy atom. The van der Waals surface area contributed by atoms with Crippen LogP contribution >= 0.6 is 11.6 Å². The molecule has 0 amide bonds. The summed E-state index contributed by atoms with van der Waals surface area (Å²) in [4.78, 5) is 26.3. The van der Waals surface area contributed by atoms with Crippen molar-refractivity contribution >= 4 is 51.5 Å². The van der Waals surface area contributed by atoms with Crippen LogP contribution in [0.2, 0.25) is 5.02 Å². The van der Waals surface area contributed by atoms with Crippen LogP contribution in [0.1, 0.15) is 30.5 Å². The van der Waals surface area contributed by atoms with Gasteiger partial charge in [0.1, 0.15) is 4.90 Å². The number of carboxylic acid groups (broad SMARTS) is 1. The summed E-state index contributed by atoms with van der Waals surface area (Å²) in [6.07, 6.45) is 3.83. The van der Waals surface area contributed by atoms with Crippen molar-refractivity contribution in [2.45, 2.75) is 49.1 Å². The molecule has 8 nitrogen and oxygen atoms in total. The van der Waals surface area contributed by atoms with Gasteiger partial charge in [-0.1, -0.05) is 23.7 Å². The number of carboxylic acids is 1. The highest BCUT2D eigenvalue weighted by Gasteiger charge is 2.41. The van der Waals surface area contributed by atoms with Crippen LogP contribution in [0.3, 0.4) is 0 Å². The summed E-state index contributed by atoms with van der Waals surface area (Å²) in [5, 5.41) is 13.1. The van der Waals surface area contributed by atoms with Crippen molar-refractivity contribution in [3.63, 3.8) is 0 Å². The van der Waals surface area contributed by atoms with E-state index in [1.807, 2.05) is 24.3 Å². The van der Waals surface area contributed by atoms with Crippen molar-refractivity contribution in [3.05, 3.63) is 64.8 Å². The van der Waals surface area contributed by atoms with E-state index < -0.39 is 16.8 Å². The molecule has 3 aromatic rings. The van der Waals surface area contributed by atoms with Crippen molar-refractivity contribution < 1.29 is 14.1 Å².